The Hall–Kier alpha value is -1.88. The molecule has 0 aromatic carbocycles. The standard InChI is InChI=1S/C12H12N2O2S/c1-2-16-12(15)9-3-4-11(13-7-9)14-10-5-6-17-8-10/h3-8H,2H2,1H3,(H,13,14). The first-order valence-electron chi connectivity index (χ1n) is 5.22. The summed E-state index contributed by atoms with van der Waals surface area (Å²) in [5.41, 5.74) is 1.45. The number of aromatic nitrogens is 1. The molecule has 2 heterocycles. The zero-order valence-corrected chi connectivity index (χ0v) is 10.2. The van der Waals surface area contributed by atoms with Gasteiger partial charge in [-0.05, 0) is 30.5 Å². The summed E-state index contributed by atoms with van der Waals surface area (Å²) in [5.74, 6) is 0.360. The average molecular weight is 248 g/mol. The van der Waals surface area contributed by atoms with Crippen LogP contribution < -0.4 is 5.32 Å². The van der Waals surface area contributed by atoms with Gasteiger partial charge in [0.2, 0.25) is 0 Å². The monoisotopic (exact) mass is 248 g/mol. The molecule has 0 aliphatic rings. The van der Waals surface area contributed by atoms with E-state index < -0.39 is 0 Å². The number of esters is 1. The van der Waals surface area contributed by atoms with E-state index in [1.165, 1.54) is 6.20 Å². The number of anilines is 2. The number of ether oxygens (including phenoxy) is 1. The van der Waals surface area contributed by atoms with E-state index in [1.807, 2.05) is 16.8 Å². The van der Waals surface area contributed by atoms with Gasteiger partial charge in [0.1, 0.15) is 5.82 Å². The van der Waals surface area contributed by atoms with Crippen LogP contribution in [0, 0.1) is 0 Å². The van der Waals surface area contributed by atoms with Gasteiger partial charge >= 0.3 is 5.97 Å². The van der Waals surface area contributed by atoms with Crippen molar-refractivity contribution in [1.82, 2.24) is 4.98 Å². The molecule has 0 amide bonds. The lowest BCUT2D eigenvalue weighted by Gasteiger charge is -2.04. The van der Waals surface area contributed by atoms with E-state index in [0.717, 1.165) is 5.69 Å². The molecule has 17 heavy (non-hydrogen) atoms. The summed E-state index contributed by atoms with van der Waals surface area (Å²) in [6.45, 7) is 2.14. The SMILES string of the molecule is CCOC(=O)c1ccc(Nc2ccsc2)nc1. The second-order valence-electron chi connectivity index (χ2n) is 3.29. The summed E-state index contributed by atoms with van der Waals surface area (Å²) in [6, 6.07) is 5.41. The molecule has 0 aliphatic heterocycles. The molecule has 0 atom stereocenters. The molecule has 0 aliphatic carbocycles. The molecule has 0 radical (unpaired) electrons. The fourth-order valence-corrected chi connectivity index (χ4v) is 1.87. The maximum Gasteiger partial charge on any atom is 0.339 e. The van der Waals surface area contributed by atoms with Gasteiger partial charge in [-0.15, -0.1) is 0 Å². The number of hydrogen-bond acceptors (Lipinski definition) is 5. The second kappa shape index (κ2) is 5.45. The van der Waals surface area contributed by atoms with Crippen LogP contribution in [0.4, 0.5) is 11.5 Å². The number of pyridine rings is 1. The molecule has 4 nitrogen and oxygen atoms in total. The van der Waals surface area contributed by atoms with Gasteiger partial charge in [0.25, 0.3) is 0 Å². The van der Waals surface area contributed by atoms with Crippen molar-refractivity contribution in [2.75, 3.05) is 11.9 Å². The summed E-state index contributed by atoms with van der Waals surface area (Å²) in [7, 11) is 0. The van der Waals surface area contributed by atoms with Crippen LogP contribution >= 0.6 is 11.3 Å². The predicted octanol–water partition coefficient (Wildman–Crippen LogP) is 3.06. The molecular weight excluding hydrogens is 236 g/mol. The van der Waals surface area contributed by atoms with Gasteiger partial charge in [0, 0.05) is 11.6 Å². The first kappa shape index (κ1) is 11.6. The minimum atomic E-state index is -0.345. The highest BCUT2D eigenvalue weighted by Gasteiger charge is 2.06. The van der Waals surface area contributed by atoms with Crippen LogP contribution in [0.5, 0.6) is 0 Å². The Labute approximate surface area is 103 Å². The highest BCUT2D eigenvalue weighted by Crippen LogP contribution is 2.17. The van der Waals surface area contributed by atoms with E-state index in [1.54, 1.807) is 30.4 Å². The summed E-state index contributed by atoms with van der Waals surface area (Å²) in [4.78, 5) is 15.5. The Morgan fingerprint density at radius 1 is 1.47 bits per heavy atom. The van der Waals surface area contributed by atoms with Crippen molar-refractivity contribution in [3.8, 4) is 0 Å². The Morgan fingerprint density at radius 3 is 2.94 bits per heavy atom. The van der Waals surface area contributed by atoms with E-state index in [-0.39, 0.29) is 5.97 Å². The van der Waals surface area contributed by atoms with Gasteiger partial charge in [-0.1, -0.05) is 0 Å². The number of thiophene rings is 1. The van der Waals surface area contributed by atoms with Crippen LogP contribution in [-0.2, 0) is 4.74 Å². The molecule has 2 aromatic heterocycles. The zero-order valence-electron chi connectivity index (χ0n) is 9.34. The molecule has 88 valence electrons. The fraction of sp³-hybridized carbons (Fsp3) is 0.167. The van der Waals surface area contributed by atoms with Crippen LogP contribution in [0.1, 0.15) is 17.3 Å². The molecule has 2 rings (SSSR count). The van der Waals surface area contributed by atoms with Crippen LogP contribution in [-0.4, -0.2) is 17.6 Å². The van der Waals surface area contributed by atoms with E-state index in [9.17, 15) is 4.79 Å². The van der Waals surface area contributed by atoms with E-state index in [0.29, 0.717) is 18.0 Å². The van der Waals surface area contributed by atoms with Crippen LogP contribution in [0.3, 0.4) is 0 Å². The van der Waals surface area contributed by atoms with Crippen molar-refractivity contribution in [3.63, 3.8) is 0 Å². The normalized spacial score (nSPS) is 9.94. The third-order valence-electron chi connectivity index (χ3n) is 2.07. The summed E-state index contributed by atoms with van der Waals surface area (Å²) in [6.07, 6.45) is 1.51. The number of nitrogens with one attached hydrogen (secondary N) is 1. The van der Waals surface area contributed by atoms with Crippen molar-refractivity contribution in [2.24, 2.45) is 0 Å². The molecule has 1 N–H and O–H groups in total. The summed E-state index contributed by atoms with van der Waals surface area (Å²) in [5, 5.41) is 7.10. The van der Waals surface area contributed by atoms with E-state index in [2.05, 4.69) is 10.3 Å². The molecule has 2 aromatic rings. The quantitative estimate of drug-likeness (QED) is 0.845. The molecule has 0 unspecified atom stereocenters. The van der Waals surface area contributed by atoms with Gasteiger partial charge in [0.15, 0.2) is 0 Å². The number of carbonyl (C=O) groups excluding carboxylic acids is 1. The van der Waals surface area contributed by atoms with Gasteiger partial charge in [0.05, 0.1) is 17.9 Å². The van der Waals surface area contributed by atoms with Crippen LogP contribution in [0.25, 0.3) is 0 Å². The molecule has 0 saturated carbocycles. The first-order valence-corrected chi connectivity index (χ1v) is 6.16. The number of nitrogens with zero attached hydrogens (tertiary/aromatic N) is 1. The van der Waals surface area contributed by atoms with Gasteiger partial charge < -0.3 is 10.1 Å². The molecule has 0 fully saturated rings. The molecule has 0 bridgehead atoms. The van der Waals surface area contributed by atoms with Crippen molar-refractivity contribution in [3.05, 3.63) is 40.7 Å². The Morgan fingerprint density at radius 2 is 2.35 bits per heavy atom. The minimum Gasteiger partial charge on any atom is -0.462 e. The molecule has 0 saturated heterocycles. The Bertz CT molecular complexity index is 480. The Balaban J connectivity index is 2.05. The number of hydrogen-bond donors (Lipinski definition) is 1. The first-order chi connectivity index (χ1) is 8.29. The van der Waals surface area contributed by atoms with Crippen LogP contribution in [0.2, 0.25) is 0 Å². The molecule has 0 spiro atoms. The topological polar surface area (TPSA) is 51.2 Å². The maximum absolute atomic E-state index is 11.4. The Kier molecular flexibility index (Phi) is 3.72. The number of rotatable bonds is 4. The van der Waals surface area contributed by atoms with Crippen molar-refractivity contribution in [1.29, 1.82) is 0 Å². The third-order valence-corrected chi connectivity index (χ3v) is 2.75. The van der Waals surface area contributed by atoms with Crippen molar-refractivity contribution >= 4 is 28.8 Å². The lowest BCUT2D eigenvalue weighted by molar-refractivity contribution is 0.0526. The smallest absolute Gasteiger partial charge is 0.339 e. The lowest BCUT2D eigenvalue weighted by atomic mass is 10.3. The zero-order chi connectivity index (χ0) is 12.1. The molecule has 5 heteroatoms. The second-order valence-corrected chi connectivity index (χ2v) is 4.07. The van der Waals surface area contributed by atoms with Gasteiger partial charge in [-0.25, -0.2) is 9.78 Å². The fourth-order valence-electron chi connectivity index (χ4n) is 1.29. The summed E-state index contributed by atoms with van der Waals surface area (Å²) >= 11 is 1.61. The number of carbonyl (C=O) groups is 1. The average Bonchev–Trinajstić information content (AvgIpc) is 2.83. The van der Waals surface area contributed by atoms with Crippen molar-refractivity contribution < 1.29 is 9.53 Å². The van der Waals surface area contributed by atoms with Crippen LogP contribution in [0.15, 0.2) is 35.2 Å². The van der Waals surface area contributed by atoms with E-state index >= 15 is 0 Å². The largest absolute Gasteiger partial charge is 0.462 e. The van der Waals surface area contributed by atoms with Gasteiger partial charge in [-0.3, -0.25) is 0 Å². The highest BCUT2D eigenvalue weighted by molar-refractivity contribution is 7.08. The van der Waals surface area contributed by atoms with Gasteiger partial charge in [-0.2, -0.15) is 11.3 Å². The predicted molar refractivity (Wildman–Crippen MR) is 67.8 cm³/mol. The summed E-state index contributed by atoms with van der Waals surface area (Å²) < 4.78 is 4.88. The third kappa shape index (κ3) is 3.04. The van der Waals surface area contributed by atoms with E-state index in [4.69, 9.17) is 4.74 Å². The molecular formula is C12H12N2O2S. The maximum atomic E-state index is 11.4. The lowest BCUT2D eigenvalue weighted by Crippen LogP contribution is -2.05. The van der Waals surface area contributed by atoms with Crippen molar-refractivity contribution in [2.45, 2.75) is 6.92 Å². The highest BCUT2D eigenvalue weighted by atomic mass is 32.1. The minimum absolute atomic E-state index is 0.345.